The molecule has 0 spiro atoms. The Morgan fingerprint density at radius 1 is 0.854 bits per heavy atom. The van der Waals surface area contributed by atoms with E-state index in [1.807, 2.05) is 5.32 Å². The van der Waals surface area contributed by atoms with Crippen LogP contribution in [0.2, 0.25) is 10.0 Å². The van der Waals surface area contributed by atoms with Crippen LogP contribution in [0.4, 0.5) is 39.0 Å². The van der Waals surface area contributed by atoms with Gasteiger partial charge in [-0.05, 0) is 55.0 Å². The summed E-state index contributed by atoms with van der Waals surface area (Å²) in [5.74, 6) is -6.56. The first-order chi connectivity index (χ1) is 18.9. The number of alkyl halides is 5. The van der Waals surface area contributed by atoms with E-state index in [9.17, 15) is 36.3 Å². The topological polar surface area (TPSA) is 87.3 Å². The van der Waals surface area contributed by atoms with Crippen molar-refractivity contribution in [1.82, 2.24) is 0 Å². The van der Waals surface area contributed by atoms with Gasteiger partial charge in [0.25, 0.3) is 5.91 Å². The highest BCUT2D eigenvalue weighted by Gasteiger charge is 2.40. The Morgan fingerprint density at radius 2 is 1.49 bits per heavy atom. The van der Waals surface area contributed by atoms with E-state index in [1.54, 1.807) is 0 Å². The van der Waals surface area contributed by atoms with Crippen LogP contribution in [0.15, 0.2) is 48.5 Å². The maximum absolute atomic E-state index is 14.7. The first-order valence-electron chi connectivity index (χ1n) is 11.3. The lowest BCUT2D eigenvalue weighted by atomic mass is 9.93. The molecule has 3 N–H and O–H groups in total. The van der Waals surface area contributed by atoms with Gasteiger partial charge >= 0.3 is 6.18 Å². The number of hydrogen-bond acceptors (Lipinski definition) is 3. The molecule has 3 amide bonds. The largest absolute Gasteiger partial charge is 0.417 e. The molecule has 0 aliphatic heterocycles. The summed E-state index contributed by atoms with van der Waals surface area (Å²) in [6.07, 6.45) is -4.82. The number of carbonyl (C=O) groups excluding carboxylic acids is 3. The maximum Gasteiger partial charge on any atom is 0.417 e. The summed E-state index contributed by atoms with van der Waals surface area (Å²) in [5, 5.41) is 5.88. The average molecular weight is 657 g/mol. The number of rotatable bonds is 7. The fourth-order valence-electron chi connectivity index (χ4n) is 3.73. The van der Waals surface area contributed by atoms with Crippen LogP contribution >= 0.6 is 46.4 Å². The van der Waals surface area contributed by atoms with Gasteiger partial charge < -0.3 is 16.0 Å². The second kappa shape index (κ2) is 12.4. The lowest BCUT2D eigenvalue weighted by Crippen LogP contribution is -2.32. The van der Waals surface area contributed by atoms with Crippen molar-refractivity contribution in [3.63, 3.8) is 0 Å². The zero-order chi connectivity index (χ0) is 30.9. The van der Waals surface area contributed by atoms with Crippen LogP contribution in [0.3, 0.4) is 0 Å². The van der Waals surface area contributed by atoms with Gasteiger partial charge in [-0.15, -0.1) is 23.2 Å². The van der Waals surface area contributed by atoms with Crippen LogP contribution in [0.5, 0.6) is 0 Å². The third-order valence-electron chi connectivity index (χ3n) is 5.52. The molecule has 6 nitrogen and oxygen atoms in total. The molecule has 0 aliphatic rings. The highest BCUT2D eigenvalue weighted by atomic mass is 35.5. The molecule has 3 rings (SSSR count). The Labute approximate surface area is 250 Å². The SMILES string of the molecule is CC(=O)Nc1c(F)ccc(NC(=O)c2cc(NC(=O)[C@H](c3ccc(Cl)c(C(F)(F)F)c3)C(C)(Cl)Cl)ccc2Cl)c1F. The molecule has 3 aromatic rings. The van der Waals surface area contributed by atoms with Crippen molar-refractivity contribution in [2.45, 2.75) is 30.3 Å². The summed E-state index contributed by atoms with van der Waals surface area (Å²) in [6, 6.07) is 8.11. The fraction of sp³-hybridized carbons (Fsp3) is 0.192. The molecule has 0 heterocycles. The summed E-state index contributed by atoms with van der Waals surface area (Å²) in [6.45, 7) is 2.24. The molecule has 1 atom stereocenters. The Hall–Kier alpha value is -3.12. The Morgan fingerprint density at radius 3 is 2.07 bits per heavy atom. The zero-order valence-corrected chi connectivity index (χ0v) is 23.8. The van der Waals surface area contributed by atoms with Crippen LogP contribution < -0.4 is 16.0 Å². The molecule has 15 heteroatoms. The summed E-state index contributed by atoms with van der Waals surface area (Å²) < 4.78 is 67.0. The van der Waals surface area contributed by atoms with Gasteiger partial charge in [-0.25, -0.2) is 8.78 Å². The van der Waals surface area contributed by atoms with E-state index in [2.05, 4.69) is 10.6 Å². The van der Waals surface area contributed by atoms with Crippen LogP contribution in [0.25, 0.3) is 0 Å². The molecule has 0 fully saturated rings. The number of hydrogen-bond donors (Lipinski definition) is 3. The third kappa shape index (κ3) is 7.79. The third-order valence-corrected chi connectivity index (χ3v) is 6.61. The molecule has 0 saturated carbocycles. The van der Waals surface area contributed by atoms with Gasteiger partial charge in [-0.1, -0.05) is 29.3 Å². The first kappa shape index (κ1) is 32.4. The van der Waals surface area contributed by atoms with E-state index in [0.717, 1.165) is 37.3 Å². The van der Waals surface area contributed by atoms with Crippen molar-refractivity contribution in [2.24, 2.45) is 0 Å². The van der Waals surface area contributed by atoms with Crippen molar-refractivity contribution in [1.29, 1.82) is 0 Å². The van der Waals surface area contributed by atoms with E-state index < -0.39 is 67.7 Å². The van der Waals surface area contributed by atoms with Crippen molar-refractivity contribution in [2.75, 3.05) is 16.0 Å². The maximum atomic E-state index is 14.7. The fourth-order valence-corrected chi connectivity index (χ4v) is 4.61. The smallest absolute Gasteiger partial charge is 0.325 e. The summed E-state index contributed by atoms with van der Waals surface area (Å²) in [7, 11) is 0. The lowest BCUT2D eigenvalue weighted by molar-refractivity contribution is -0.137. The minimum Gasteiger partial charge on any atom is -0.325 e. The molecule has 0 saturated heterocycles. The molecule has 0 bridgehead atoms. The Kier molecular flexibility index (Phi) is 9.80. The molecule has 0 radical (unpaired) electrons. The monoisotopic (exact) mass is 655 g/mol. The van der Waals surface area contributed by atoms with Gasteiger partial charge in [0.1, 0.15) is 15.8 Å². The average Bonchev–Trinajstić information content (AvgIpc) is 2.84. The van der Waals surface area contributed by atoms with Crippen molar-refractivity contribution in [3.8, 4) is 0 Å². The predicted molar refractivity (Wildman–Crippen MR) is 148 cm³/mol. The lowest BCUT2D eigenvalue weighted by Gasteiger charge is -2.27. The van der Waals surface area contributed by atoms with Crippen molar-refractivity contribution >= 4 is 81.2 Å². The van der Waals surface area contributed by atoms with E-state index in [4.69, 9.17) is 46.4 Å². The number of nitrogens with one attached hydrogen (secondary N) is 3. The molecular weight excluding hydrogens is 639 g/mol. The van der Waals surface area contributed by atoms with E-state index in [0.29, 0.717) is 6.07 Å². The number of carbonyl (C=O) groups is 3. The first-order valence-corrected chi connectivity index (χ1v) is 12.8. The van der Waals surface area contributed by atoms with E-state index in [1.165, 1.54) is 19.1 Å². The molecule has 218 valence electrons. The predicted octanol–water partition coefficient (Wildman–Crippen LogP) is 8.42. The molecule has 0 unspecified atom stereocenters. The highest BCUT2D eigenvalue weighted by molar-refractivity contribution is 6.50. The second-order valence-electron chi connectivity index (χ2n) is 8.73. The second-order valence-corrected chi connectivity index (χ2v) is 11.3. The Balaban J connectivity index is 1.92. The number of anilines is 3. The summed E-state index contributed by atoms with van der Waals surface area (Å²) in [5.41, 5.74) is -2.98. The molecule has 3 aromatic carbocycles. The standard InChI is InChI=1S/C26H18Cl4F5N3O3/c1-11(39)36-22-18(31)7-8-19(21(22)32)38-23(40)14-10-13(4-6-16(14)27)37-24(41)20(25(2,29)30)12-3-5-17(28)15(9-12)26(33,34)35/h3-10,20H,1-2H3,(H,36,39)(H,37,41)(H,38,40)/t20-/m0/s1. The van der Waals surface area contributed by atoms with Gasteiger partial charge in [0.2, 0.25) is 11.8 Å². The number of halogens is 9. The van der Waals surface area contributed by atoms with Crippen LogP contribution in [-0.4, -0.2) is 22.1 Å². The summed E-state index contributed by atoms with van der Waals surface area (Å²) >= 11 is 24.2. The highest BCUT2D eigenvalue weighted by Crippen LogP contribution is 2.42. The van der Waals surface area contributed by atoms with Gasteiger partial charge in [0.05, 0.1) is 32.8 Å². The quantitative estimate of drug-likeness (QED) is 0.176. The minimum atomic E-state index is -4.82. The summed E-state index contributed by atoms with van der Waals surface area (Å²) in [4.78, 5) is 37.4. The Bertz CT molecular complexity index is 1530. The molecule has 41 heavy (non-hydrogen) atoms. The van der Waals surface area contributed by atoms with E-state index >= 15 is 0 Å². The van der Waals surface area contributed by atoms with Crippen LogP contribution in [0, 0.1) is 11.6 Å². The van der Waals surface area contributed by atoms with Crippen molar-refractivity contribution in [3.05, 3.63) is 86.9 Å². The number of amides is 3. The zero-order valence-electron chi connectivity index (χ0n) is 20.8. The number of benzene rings is 3. The molecular formula is C26H18Cl4F5N3O3. The molecule has 0 aromatic heterocycles. The molecule has 0 aliphatic carbocycles. The van der Waals surface area contributed by atoms with Gasteiger partial charge in [0.15, 0.2) is 5.82 Å². The van der Waals surface area contributed by atoms with Gasteiger partial charge in [0, 0.05) is 12.6 Å². The normalized spacial score (nSPS) is 12.5. The van der Waals surface area contributed by atoms with Crippen LogP contribution in [0.1, 0.15) is 41.3 Å². The van der Waals surface area contributed by atoms with Crippen LogP contribution in [-0.2, 0) is 15.8 Å². The van der Waals surface area contributed by atoms with Gasteiger partial charge in [-0.3, -0.25) is 14.4 Å². The van der Waals surface area contributed by atoms with Gasteiger partial charge in [-0.2, -0.15) is 13.2 Å². The minimum absolute atomic E-state index is 0.0457. The van der Waals surface area contributed by atoms with Crippen molar-refractivity contribution < 1.29 is 36.3 Å². The van der Waals surface area contributed by atoms with E-state index in [-0.39, 0.29) is 21.8 Å².